The van der Waals surface area contributed by atoms with Gasteiger partial charge in [-0.15, -0.1) is 0 Å². The molecule has 1 aromatic carbocycles. The molecule has 0 radical (unpaired) electrons. The summed E-state index contributed by atoms with van der Waals surface area (Å²) in [6, 6.07) is 11.7. The number of hydrogen-bond donors (Lipinski definition) is 0. The Balaban J connectivity index is 1.89. The van der Waals surface area contributed by atoms with Crippen LogP contribution in [0.1, 0.15) is 52.4 Å². The summed E-state index contributed by atoms with van der Waals surface area (Å²) in [5, 5.41) is 5.03. The zero-order valence-corrected chi connectivity index (χ0v) is 15.6. The molecule has 1 aliphatic rings. The molecule has 138 valence electrons. The second-order valence-corrected chi connectivity index (χ2v) is 7.19. The highest BCUT2D eigenvalue weighted by Crippen LogP contribution is 2.41. The number of para-hydroxylation sites is 1. The van der Waals surface area contributed by atoms with Gasteiger partial charge >= 0.3 is 0 Å². The number of rotatable bonds is 7. The van der Waals surface area contributed by atoms with Crippen molar-refractivity contribution in [2.45, 2.75) is 52.4 Å². The van der Waals surface area contributed by atoms with Crippen molar-refractivity contribution in [2.75, 3.05) is 6.61 Å². The fraction of sp³-hybridized carbons (Fsp3) is 0.476. The van der Waals surface area contributed by atoms with Crippen molar-refractivity contribution in [1.29, 1.82) is 0 Å². The molecule has 5 nitrogen and oxygen atoms in total. The van der Waals surface area contributed by atoms with Crippen LogP contribution in [0, 0.1) is 5.41 Å². The molecule has 0 N–H and O–H groups in total. The van der Waals surface area contributed by atoms with E-state index in [9.17, 15) is 4.79 Å². The second-order valence-electron chi connectivity index (χ2n) is 7.19. The SMILES string of the molecule is CCCCCOc1c/c(=N\C(=O)C2(C)CCC2)cnn1-c1ccccc1. The van der Waals surface area contributed by atoms with E-state index in [-0.39, 0.29) is 11.3 Å². The van der Waals surface area contributed by atoms with Crippen LogP contribution in [0.3, 0.4) is 0 Å². The first-order valence-corrected chi connectivity index (χ1v) is 9.49. The summed E-state index contributed by atoms with van der Waals surface area (Å²) < 4.78 is 7.72. The van der Waals surface area contributed by atoms with Crippen LogP contribution in [0.5, 0.6) is 5.88 Å². The standard InChI is InChI=1S/C21H27N3O2/c1-3-4-8-14-26-19-15-17(23-20(25)21(2)12-9-13-21)16-22-24(19)18-10-6-5-7-11-18/h5-7,10-11,15-16H,3-4,8-9,12-14H2,1-2H3/b23-17+. The third kappa shape index (κ3) is 4.21. The van der Waals surface area contributed by atoms with Crippen LogP contribution < -0.4 is 10.1 Å². The lowest BCUT2D eigenvalue weighted by Crippen LogP contribution is -2.34. The molecule has 0 unspecified atom stereocenters. The van der Waals surface area contributed by atoms with Crippen molar-refractivity contribution >= 4 is 5.91 Å². The molecule has 3 rings (SSSR count). The first-order chi connectivity index (χ1) is 12.6. The highest BCUT2D eigenvalue weighted by Gasteiger charge is 2.38. The van der Waals surface area contributed by atoms with Crippen LogP contribution >= 0.6 is 0 Å². The summed E-state index contributed by atoms with van der Waals surface area (Å²) in [5.74, 6) is 0.556. The Hall–Kier alpha value is -2.43. The van der Waals surface area contributed by atoms with Gasteiger partial charge < -0.3 is 4.74 Å². The van der Waals surface area contributed by atoms with Gasteiger partial charge in [-0.05, 0) is 31.4 Å². The molecular formula is C21H27N3O2. The van der Waals surface area contributed by atoms with E-state index in [4.69, 9.17) is 4.74 Å². The molecule has 0 saturated heterocycles. The van der Waals surface area contributed by atoms with Crippen LogP contribution in [0.2, 0.25) is 0 Å². The Labute approximate surface area is 154 Å². The second kappa shape index (κ2) is 8.30. The summed E-state index contributed by atoms with van der Waals surface area (Å²) in [6.45, 7) is 4.78. The van der Waals surface area contributed by atoms with Gasteiger partial charge in [0.15, 0.2) is 0 Å². The molecule has 1 amide bonds. The van der Waals surface area contributed by atoms with Gasteiger partial charge in [0, 0.05) is 11.5 Å². The number of benzene rings is 1. The highest BCUT2D eigenvalue weighted by atomic mass is 16.5. The quantitative estimate of drug-likeness (QED) is 0.705. The molecule has 0 bridgehead atoms. The number of nitrogens with zero attached hydrogens (tertiary/aromatic N) is 3. The minimum absolute atomic E-state index is 0.0556. The number of amides is 1. The molecule has 0 aliphatic heterocycles. The van der Waals surface area contributed by atoms with Gasteiger partial charge in [-0.1, -0.05) is 51.3 Å². The average molecular weight is 353 g/mol. The smallest absolute Gasteiger partial charge is 0.252 e. The Morgan fingerprint density at radius 2 is 2.04 bits per heavy atom. The van der Waals surface area contributed by atoms with Crippen LogP contribution in [0.4, 0.5) is 0 Å². The fourth-order valence-corrected chi connectivity index (χ4v) is 3.03. The summed E-state index contributed by atoms with van der Waals surface area (Å²) >= 11 is 0. The lowest BCUT2D eigenvalue weighted by molar-refractivity contribution is -0.131. The van der Waals surface area contributed by atoms with E-state index in [1.807, 2.05) is 43.3 Å². The van der Waals surface area contributed by atoms with E-state index in [1.165, 1.54) is 0 Å². The van der Waals surface area contributed by atoms with Crippen LogP contribution in [-0.2, 0) is 4.79 Å². The number of hydrogen-bond acceptors (Lipinski definition) is 3. The van der Waals surface area contributed by atoms with Crippen molar-refractivity contribution in [3.8, 4) is 11.6 Å². The van der Waals surface area contributed by atoms with Gasteiger partial charge in [0.05, 0.1) is 23.8 Å². The van der Waals surface area contributed by atoms with E-state index >= 15 is 0 Å². The Morgan fingerprint density at radius 1 is 1.27 bits per heavy atom. The molecule has 26 heavy (non-hydrogen) atoms. The minimum Gasteiger partial charge on any atom is -0.478 e. The summed E-state index contributed by atoms with van der Waals surface area (Å²) in [5.41, 5.74) is 0.620. The van der Waals surface area contributed by atoms with Crippen LogP contribution in [0.25, 0.3) is 5.69 Å². The molecule has 0 atom stereocenters. The van der Waals surface area contributed by atoms with Crippen molar-refractivity contribution in [3.05, 3.63) is 48.0 Å². The maximum atomic E-state index is 12.4. The van der Waals surface area contributed by atoms with Crippen molar-refractivity contribution < 1.29 is 9.53 Å². The average Bonchev–Trinajstić information content (AvgIpc) is 2.64. The number of ether oxygens (including phenoxy) is 1. The van der Waals surface area contributed by atoms with Gasteiger partial charge in [-0.2, -0.15) is 5.10 Å². The van der Waals surface area contributed by atoms with Gasteiger partial charge in [-0.3, -0.25) is 4.79 Å². The predicted octanol–water partition coefficient (Wildman–Crippen LogP) is 4.06. The molecule has 1 aromatic heterocycles. The van der Waals surface area contributed by atoms with Gasteiger partial charge in [0.25, 0.3) is 5.91 Å². The van der Waals surface area contributed by atoms with Gasteiger partial charge in [-0.25, -0.2) is 9.67 Å². The van der Waals surface area contributed by atoms with Crippen LogP contribution in [-0.4, -0.2) is 22.3 Å². The third-order valence-electron chi connectivity index (χ3n) is 4.99. The van der Waals surface area contributed by atoms with Crippen molar-refractivity contribution in [1.82, 2.24) is 9.78 Å². The van der Waals surface area contributed by atoms with Crippen LogP contribution in [0.15, 0.2) is 47.6 Å². The first-order valence-electron chi connectivity index (χ1n) is 9.49. The number of carbonyl (C=O) groups excluding carboxylic acids is 1. The van der Waals surface area contributed by atoms with E-state index in [1.54, 1.807) is 10.9 Å². The molecule has 1 saturated carbocycles. The van der Waals surface area contributed by atoms with Gasteiger partial charge in [0.1, 0.15) is 0 Å². The molecular weight excluding hydrogens is 326 g/mol. The van der Waals surface area contributed by atoms with Crippen molar-refractivity contribution in [3.63, 3.8) is 0 Å². The van der Waals surface area contributed by atoms with Gasteiger partial charge in [0.2, 0.25) is 5.88 Å². The lowest BCUT2D eigenvalue weighted by atomic mass is 9.70. The monoisotopic (exact) mass is 353 g/mol. The summed E-state index contributed by atoms with van der Waals surface area (Å²) in [6.07, 6.45) is 7.82. The van der Waals surface area contributed by atoms with E-state index in [0.29, 0.717) is 17.8 Å². The summed E-state index contributed by atoms with van der Waals surface area (Å²) in [7, 11) is 0. The zero-order chi connectivity index (χ0) is 18.4. The van der Waals surface area contributed by atoms with E-state index < -0.39 is 0 Å². The Bertz CT molecular complexity index is 808. The minimum atomic E-state index is -0.298. The Morgan fingerprint density at radius 3 is 2.69 bits per heavy atom. The lowest BCUT2D eigenvalue weighted by Gasteiger charge is -2.34. The molecule has 2 aromatic rings. The first kappa shape index (κ1) is 18.4. The predicted molar refractivity (Wildman–Crippen MR) is 101 cm³/mol. The molecule has 5 heteroatoms. The maximum absolute atomic E-state index is 12.4. The summed E-state index contributed by atoms with van der Waals surface area (Å²) in [4.78, 5) is 16.7. The van der Waals surface area contributed by atoms with Crippen molar-refractivity contribution in [2.24, 2.45) is 10.4 Å². The molecule has 1 fully saturated rings. The number of unbranched alkanes of at least 4 members (excludes halogenated alkanes) is 2. The van der Waals surface area contributed by atoms with E-state index in [0.717, 1.165) is 44.2 Å². The Kier molecular flexibility index (Phi) is 5.86. The topological polar surface area (TPSA) is 56.5 Å². The van der Waals surface area contributed by atoms with E-state index in [2.05, 4.69) is 17.0 Å². The maximum Gasteiger partial charge on any atom is 0.252 e. The highest BCUT2D eigenvalue weighted by molar-refractivity contribution is 5.83. The fourth-order valence-electron chi connectivity index (χ4n) is 3.03. The molecule has 0 spiro atoms. The number of aromatic nitrogens is 2. The normalized spacial score (nSPS) is 16.2. The largest absolute Gasteiger partial charge is 0.478 e. The zero-order valence-electron chi connectivity index (χ0n) is 15.6. The third-order valence-corrected chi connectivity index (χ3v) is 4.99. The number of carbonyl (C=O) groups is 1. The molecule has 1 aliphatic carbocycles. The molecule has 1 heterocycles.